The van der Waals surface area contributed by atoms with Gasteiger partial charge in [0.05, 0.1) is 6.04 Å². The van der Waals surface area contributed by atoms with Crippen molar-refractivity contribution < 1.29 is 0 Å². The van der Waals surface area contributed by atoms with Crippen LogP contribution in [0.3, 0.4) is 0 Å². The molecule has 0 saturated carbocycles. The fourth-order valence-electron chi connectivity index (χ4n) is 2.39. The monoisotopic (exact) mass is 498 g/mol. The zero-order valence-electron chi connectivity index (χ0n) is 13.3. The summed E-state index contributed by atoms with van der Waals surface area (Å²) >= 11 is 11.5. The maximum Gasteiger partial charge on any atom is 0.162 e. The van der Waals surface area contributed by atoms with E-state index in [1.165, 1.54) is 0 Å². The molecule has 3 rings (SSSR count). The number of hydrogen-bond acceptors (Lipinski definition) is 3. The second-order valence-corrected chi connectivity index (χ2v) is 7.54. The summed E-state index contributed by atoms with van der Waals surface area (Å²) in [5, 5.41) is 5.02. The summed E-state index contributed by atoms with van der Waals surface area (Å²) in [6.45, 7) is 3.78. The van der Waals surface area contributed by atoms with Gasteiger partial charge >= 0.3 is 0 Å². The molecule has 0 aromatic heterocycles. The topological polar surface area (TPSA) is 24.4 Å². The molecule has 1 N–H and O–H groups in total. The number of thioether (sulfide) groups is 1. The second kappa shape index (κ2) is 9.62. The van der Waals surface area contributed by atoms with Gasteiger partial charge in [-0.2, -0.15) is 0 Å². The van der Waals surface area contributed by atoms with Gasteiger partial charge in [0.15, 0.2) is 5.17 Å². The van der Waals surface area contributed by atoms with Crippen LogP contribution >= 0.6 is 56.3 Å². The Balaban J connectivity index is 0.00000225. The van der Waals surface area contributed by atoms with Crippen molar-refractivity contribution in [3.63, 3.8) is 0 Å². The van der Waals surface area contributed by atoms with Gasteiger partial charge < -0.3 is 5.32 Å². The van der Waals surface area contributed by atoms with Gasteiger partial charge in [-0.15, -0.1) is 23.6 Å². The zero-order chi connectivity index (χ0) is 16.9. The molecule has 1 atom stereocenters. The third-order valence-corrected chi connectivity index (χ3v) is 5.30. The van der Waals surface area contributed by atoms with Crippen molar-refractivity contribution in [3.8, 4) is 0 Å². The number of nitrogens with one attached hydrogen (secondary N) is 1. The summed E-state index contributed by atoms with van der Waals surface area (Å²) in [6.07, 6.45) is 3.99. The van der Waals surface area contributed by atoms with E-state index < -0.39 is 0 Å². The van der Waals surface area contributed by atoms with Gasteiger partial charge in [0.1, 0.15) is 0 Å². The van der Waals surface area contributed by atoms with Crippen LogP contribution in [0.4, 0.5) is 0 Å². The molecule has 25 heavy (non-hydrogen) atoms. The number of halogens is 3. The van der Waals surface area contributed by atoms with E-state index in [1.54, 1.807) is 11.8 Å². The SMILES string of the molecule is Br.C=CCSC1=NC(c2ccccc2Cl)C=C(c2ccc(Br)cc2)N1. The Morgan fingerprint density at radius 1 is 1.20 bits per heavy atom. The molecule has 1 heterocycles. The molecular weight excluding hydrogens is 484 g/mol. The Morgan fingerprint density at radius 2 is 1.92 bits per heavy atom. The van der Waals surface area contributed by atoms with Crippen LogP contribution in [-0.2, 0) is 0 Å². The molecule has 0 radical (unpaired) electrons. The fourth-order valence-corrected chi connectivity index (χ4v) is 3.55. The van der Waals surface area contributed by atoms with Crippen LogP contribution in [0, 0.1) is 0 Å². The minimum Gasteiger partial charge on any atom is -0.335 e. The van der Waals surface area contributed by atoms with Gasteiger partial charge in [-0.25, -0.2) is 4.99 Å². The highest BCUT2D eigenvalue weighted by atomic mass is 79.9. The first-order valence-electron chi connectivity index (χ1n) is 7.48. The first-order valence-corrected chi connectivity index (χ1v) is 9.64. The van der Waals surface area contributed by atoms with Crippen molar-refractivity contribution in [2.75, 3.05) is 5.75 Å². The quantitative estimate of drug-likeness (QED) is 0.476. The molecule has 6 heteroatoms. The Hall–Kier alpha value is -1.01. The average Bonchev–Trinajstić information content (AvgIpc) is 2.60. The average molecular weight is 501 g/mol. The van der Waals surface area contributed by atoms with Gasteiger partial charge in [-0.3, -0.25) is 0 Å². The second-order valence-electron chi connectivity index (χ2n) is 5.21. The lowest BCUT2D eigenvalue weighted by Gasteiger charge is -2.23. The molecule has 0 fully saturated rings. The molecular formula is C19H17Br2ClN2S. The molecule has 1 aliphatic heterocycles. The molecule has 0 bridgehead atoms. The largest absolute Gasteiger partial charge is 0.335 e. The lowest BCUT2D eigenvalue weighted by molar-refractivity contribution is 0.888. The lowest BCUT2D eigenvalue weighted by atomic mass is 10.0. The van der Waals surface area contributed by atoms with Crippen LogP contribution in [0.25, 0.3) is 5.70 Å². The molecule has 1 aliphatic rings. The van der Waals surface area contributed by atoms with E-state index in [2.05, 4.69) is 46.0 Å². The summed E-state index contributed by atoms with van der Waals surface area (Å²) < 4.78 is 1.06. The minimum absolute atomic E-state index is 0. The van der Waals surface area contributed by atoms with E-state index in [1.807, 2.05) is 42.5 Å². The fraction of sp³-hybridized carbons (Fsp3) is 0.105. The summed E-state index contributed by atoms with van der Waals surface area (Å²) in [6, 6.07) is 16.0. The highest BCUT2D eigenvalue weighted by molar-refractivity contribution is 9.10. The molecule has 2 nitrogen and oxygen atoms in total. The first kappa shape index (κ1) is 20.3. The predicted molar refractivity (Wildman–Crippen MR) is 120 cm³/mol. The maximum absolute atomic E-state index is 6.38. The van der Waals surface area contributed by atoms with E-state index in [9.17, 15) is 0 Å². The number of amidine groups is 1. The third kappa shape index (κ3) is 5.23. The highest BCUT2D eigenvalue weighted by Crippen LogP contribution is 2.32. The molecule has 1 unspecified atom stereocenters. The van der Waals surface area contributed by atoms with Crippen molar-refractivity contribution in [2.24, 2.45) is 4.99 Å². The first-order chi connectivity index (χ1) is 11.7. The highest BCUT2D eigenvalue weighted by Gasteiger charge is 2.19. The summed E-state index contributed by atoms with van der Waals surface area (Å²) in [5.41, 5.74) is 3.16. The number of nitrogens with zero attached hydrogens (tertiary/aromatic N) is 1. The normalized spacial score (nSPS) is 16.2. The molecule has 2 aromatic rings. The molecule has 0 spiro atoms. The van der Waals surface area contributed by atoms with Crippen LogP contribution < -0.4 is 5.32 Å². The van der Waals surface area contributed by atoms with Gasteiger partial charge in [0.2, 0.25) is 0 Å². The smallest absolute Gasteiger partial charge is 0.162 e. The number of aliphatic imine (C=N–C) groups is 1. The van der Waals surface area contributed by atoms with Crippen molar-refractivity contribution in [2.45, 2.75) is 6.04 Å². The summed E-state index contributed by atoms with van der Waals surface area (Å²) in [4.78, 5) is 4.79. The summed E-state index contributed by atoms with van der Waals surface area (Å²) in [5.74, 6) is 0.800. The minimum atomic E-state index is -0.106. The third-order valence-electron chi connectivity index (χ3n) is 3.54. The number of rotatable bonds is 4. The van der Waals surface area contributed by atoms with Gasteiger partial charge in [-0.1, -0.05) is 75.7 Å². The van der Waals surface area contributed by atoms with E-state index in [0.717, 1.165) is 37.2 Å². The van der Waals surface area contributed by atoms with Crippen LogP contribution in [0.2, 0.25) is 5.02 Å². The van der Waals surface area contributed by atoms with Gasteiger partial charge in [0.25, 0.3) is 0 Å². The maximum atomic E-state index is 6.38. The van der Waals surface area contributed by atoms with Crippen molar-refractivity contribution >= 4 is 67.1 Å². The Morgan fingerprint density at radius 3 is 2.60 bits per heavy atom. The van der Waals surface area contributed by atoms with Crippen LogP contribution in [-0.4, -0.2) is 10.9 Å². The number of benzene rings is 2. The van der Waals surface area contributed by atoms with Crippen molar-refractivity contribution in [3.05, 3.63) is 87.9 Å². The molecule has 0 saturated heterocycles. The van der Waals surface area contributed by atoms with E-state index in [-0.39, 0.29) is 23.0 Å². The Kier molecular flexibility index (Phi) is 7.81. The Labute approximate surface area is 176 Å². The standard InChI is InChI=1S/C19H16BrClN2S.BrH/c1-2-11-24-19-22-17(13-7-9-14(20)10-8-13)12-18(23-19)15-5-3-4-6-16(15)21;/h2-10,12,18H,1,11H2,(H,22,23);1H. The van der Waals surface area contributed by atoms with Crippen LogP contribution in [0.1, 0.15) is 17.2 Å². The molecule has 0 amide bonds. The molecule has 130 valence electrons. The Bertz CT molecular complexity index is 803. The van der Waals surface area contributed by atoms with Crippen molar-refractivity contribution in [1.29, 1.82) is 0 Å². The lowest BCUT2D eigenvalue weighted by Crippen LogP contribution is -2.24. The van der Waals surface area contributed by atoms with Crippen LogP contribution in [0.5, 0.6) is 0 Å². The zero-order valence-corrected chi connectivity index (χ0v) is 18.2. The molecule has 0 aliphatic carbocycles. The van der Waals surface area contributed by atoms with Crippen LogP contribution in [0.15, 0.2) is 76.7 Å². The van der Waals surface area contributed by atoms with E-state index >= 15 is 0 Å². The van der Waals surface area contributed by atoms with Gasteiger partial charge in [0, 0.05) is 20.9 Å². The predicted octanol–water partition coefficient (Wildman–Crippen LogP) is 6.64. The van der Waals surface area contributed by atoms with Gasteiger partial charge in [-0.05, 0) is 35.4 Å². The van der Waals surface area contributed by atoms with Crippen molar-refractivity contribution in [1.82, 2.24) is 5.32 Å². The van der Waals surface area contributed by atoms with E-state index in [0.29, 0.717) is 0 Å². The summed E-state index contributed by atoms with van der Waals surface area (Å²) in [7, 11) is 0. The number of hydrogen-bond donors (Lipinski definition) is 1. The van der Waals surface area contributed by atoms with E-state index in [4.69, 9.17) is 16.6 Å². The molecule has 2 aromatic carbocycles.